The molecule has 6 nitrogen and oxygen atoms in total. The number of ether oxygens (including phenoxy) is 3. The van der Waals surface area contributed by atoms with Crippen LogP contribution in [0.15, 0.2) is 54.6 Å². The lowest BCUT2D eigenvalue weighted by Crippen LogP contribution is -2.52. The van der Waals surface area contributed by atoms with Crippen molar-refractivity contribution < 1.29 is 23.8 Å². The Bertz CT molecular complexity index is 1040. The van der Waals surface area contributed by atoms with Crippen molar-refractivity contribution in [3.63, 3.8) is 0 Å². The average molecular weight is 526 g/mol. The second-order valence-electron chi connectivity index (χ2n) is 12.2. The maximum absolute atomic E-state index is 13.1. The molecule has 3 rings (SSSR count). The van der Waals surface area contributed by atoms with Crippen molar-refractivity contribution in [2.75, 3.05) is 33.4 Å². The van der Waals surface area contributed by atoms with Gasteiger partial charge in [-0.3, -0.25) is 4.79 Å². The van der Waals surface area contributed by atoms with E-state index in [9.17, 15) is 9.59 Å². The van der Waals surface area contributed by atoms with Gasteiger partial charge in [0.1, 0.15) is 5.60 Å². The highest BCUT2D eigenvalue weighted by atomic mass is 28.3. The quantitative estimate of drug-likeness (QED) is 0.225. The zero-order valence-electron chi connectivity index (χ0n) is 23.5. The lowest BCUT2D eigenvalue weighted by molar-refractivity contribution is -0.149. The highest BCUT2D eigenvalue weighted by Crippen LogP contribution is 2.40. The molecule has 0 spiro atoms. The molecule has 3 atom stereocenters. The molecule has 202 valence electrons. The Hall–Kier alpha value is -2.64. The number of amides is 1. The molecule has 0 N–H and O–H groups in total. The van der Waals surface area contributed by atoms with Gasteiger partial charge >= 0.3 is 12.1 Å². The Morgan fingerprint density at radius 3 is 2.27 bits per heavy atom. The van der Waals surface area contributed by atoms with Crippen LogP contribution in [-0.4, -0.2) is 64.1 Å². The average Bonchev–Trinajstić information content (AvgIpc) is 2.84. The van der Waals surface area contributed by atoms with Gasteiger partial charge in [0, 0.05) is 39.6 Å². The number of benzene rings is 2. The summed E-state index contributed by atoms with van der Waals surface area (Å²) in [6.07, 6.45) is -0.412. The molecule has 1 aliphatic rings. The van der Waals surface area contributed by atoms with E-state index in [2.05, 4.69) is 50.0 Å². The minimum atomic E-state index is -1.25. The number of esters is 1. The van der Waals surface area contributed by atoms with Crippen LogP contribution in [0.3, 0.4) is 0 Å². The van der Waals surface area contributed by atoms with Crippen LogP contribution in [0.5, 0.6) is 0 Å². The number of rotatable bonds is 8. The van der Waals surface area contributed by atoms with Crippen LogP contribution in [-0.2, 0) is 19.0 Å². The maximum atomic E-state index is 13.1. The molecule has 2 aromatic carbocycles. The van der Waals surface area contributed by atoms with E-state index in [0.717, 1.165) is 22.7 Å². The molecule has 1 amide bonds. The first kappa shape index (κ1) is 28.9. The number of methoxy groups -OCH3 is 1. The standard InChI is InChI=1S/C30H43NO5Si/c1-30(2,3)36-29(33)31-19-25(21-35-16-17-37(5,6)7)27(26(20-31)28(32)34-4)24-15-11-14-23(18-24)22-12-9-8-10-13-22/h8-15,18,25-27H,16-17,19-21H2,1-7H3. The third-order valence-corrected chi connectivity index (χ3v) is 8.38. The van der Waals surface area contributed by atoms with E-state index >= 15 is 0 Å². The molecule has 1 heterocycles. The van der Waals surface area contributed by atoms with Gasteiger partial charge in [0.25, 0.3) is 0 Å². The number of hydrogen-bond acceptors (Lipinski definition) is 5. The Labute approximate surface area is 223 Å². The first-order valence-corrected chi connectivity index (χ1v) is 16.9. The fourth-order valence-electron chi connectivity index (χ4n) is 4.83. The molecule has 0 radical (unpaired) electrons. The van der Waals surface area contributed by atoms with Crippen LogP contribution < -0.4 is 0 Å². The molecule has 0 aliphatic carbocycles. The van der Waals surface area contributed by atoms with Crippen LogP contribution >= 0.6 is 0 Å². The van der Waals surface area contributed by atoms with Gasteiger partial charge in [-0.1, -0.05) is 74.2 Å². The summed E-state index contributed by atoms with van der Waals surface area (Å²) in [5, 5.41) is 0. The van der Waals surface area contributed by atoms with Gasteiger partial charge in [0.15, 0.2) is 0 Å². The van der Waals surface area contributed by atoms with E-state index in [1.165, 1.54) is 7.11 Å². The highest BCUT2D eigenvalue weighted by Gasteiger charge is 2.44. The minimum Gasteiger partial charge on any atom is -0.469 e. The van der Waals surface area contributed by atoms with Crippen molar-refractivity contribution in [2.45, 2.75) is 58.0 Å². The SMILES string of the molecule is COC(=O)C1CN(C(=O)OC(C)(C)C)CC(COCC[Si](C)(C)C)C1c1cccc(-c2ccccc2)c1. The largest absolute Gasteiger partial charge is 0.469 e. The van der Waals surface area contributed by atoms with Crippen molar-refractivity contribution in [3.8, 4) is 11.1 Å². The molecule has 3 unspecified atom stereocenters. The smallest absolute Gasteiger partial charge is 0.410 e. The van der Waals surface area contributed by atoms with E-state index in [1.54, 1.807) is 4.90 Å². The van der Waals surface area contributed by atoms with E-state index in [4.69, 9.17) is 14.2 Å². The third-order valence-electron chi connectivity index (χ3n) is 6.68. The van der Waals surface area contributed by atoms with Crippen LogP contribution in [0.4, 0.5) is 4.79 Å². The normalized spacial score (nSPS) is 20.4. The Morgan fingerprint density at radius 2 is 1.65 bits per heavy atom. The molecular formula is C30H43NO5Si. The molecule has 7 heteroatoms. The first-order chi connectivity index (χ1) is 17.4. The van der Waals surface area contributed by atoms with Gasteiger partial charge in [0.05, 0.1) is 19.6 Å². The van der Waals surface area contributed by atoms with Gasteiger partial charge in [-0.2, -0.15) is 0 Å². The van der Waals surface area contributed by atoms with Crippen molar-refractivity contribution >= 4 is 20.1 Å². The molecule has 0 aromatic heterocycles. The number of hydrogen-bond donors (Lipinski definition) is 0. The fourth-order valence-corrected chi connectivity index (χ4v) is 5.59. The van der Waals surface area contributed by atoms with Crippen LogP contribution in [0.25, 0.3) is 11.1 Å². The van der Waals surface area contributed by atoms with Crippen molar-refractivity contribution in [2.24, 2.45) is 11.8 Å². The summed E-state index contributed by atoms with van der Waals surface area (Å²) in [6, 6.07) is 19.6. The number of nitrogens with zero attached hydrogens (tertiary/aromatic N) is 1. The fraction of sp³-hybridized carbons (Fsp3) is 0.533. The van der Waals surface area contributed by atoms with Crippen molar-refractivity contribution in [1.29, 1.82) is 0 Å². The number of likely N-dealkylation sites (tertiary alicyclic amines) is 1. The van der Waals surface area contributed by atoms with Gasteiger partial charge in [0.2, 0.25) is 0 Å². The van der Waals surface area contributed by atoms with Crippen LogP contribution in [0.2, 0.25) is 25.7 Å². The van der Waals surface area contributed by atoms with Gasteiger partial charge in [-0.15, -0.1) is 0 Å². The molecule has 0 saturated carbocycles. The van der Waals surface area contributed by atoms with Crippen molar-refractivity contribution in [3.05, 3.63) is 60.2 Å². The monoisotopic (exact) mass is 525 g/mol. The van der Waals surface area contributed by atoms with Gasteiger partial charge in [-0.25, -0.2) is 4.79 Å². The summed E-state index contributed by atoms with van der Waals surface area (Å²) in [4.78, 5) is 27.9. The van der Waals surface area contributed by atoms with E-state index < -0.39 is 25.7 Å². The first-order valence-electron chi connectivity index (χ1n) is 13.2. The molecule has 1 aliphatic heterocycles. The molecule has 2 aromatic rings. The summed E-state index contributed by atoms with van der Waals surface area (Å²) in [5.74, 6) is -1.09. The topological polar surface area (TPSA) is 65.1 Å². The van der Waals surface area contributed by atoms with Gasteiger partial charge < -0.3 is 19.1 Å². The lowest BCUT2D eigenvalue weighted by Gasteiger charge is -2.43. The summed E-state index contributed by atoms with van der Waals surface area (Å²) >= 11 is 0. The summed E-state index contributed by atoms with van der Waals surface area (Å²) < 4.78 is 17.1. The van der Waals surface area contributed by atoms with Gasteiger partial charge in [-0.05, 0) is 43.5 Å². The lowest BCUT2D eigenvalue weighted by atomic mass is 9.73. The molecule has 0 bridgehead atoms. The molecular weight excluding hydrogens is 482 g/mol. The predicted octanol–water partition coefficient (Wildman–Crippen LogP) is 6.45. The molecule has 1 saturated heterocycles. The maximum Gasteiger partial charge on any atom is 0.410 e. The number of carbonyl (C=O) groups excluding carboxylic acids is 2. The Kier molecular flexibility index (Phi) is 9.59. The summed E-state index contributed by atoms with van der Waals surface area (Å²) in [5.41, 5.74) is 2.64. The Balaban J connectivity index is 1.95. The summed E-state index contributed by atoms with van der Waals surface area (Å²) in [7, 11) is 0.160. The molecule has 37 heavy (non-hydrogen) atoms. The third kappa shape index (κ3) is 8.43. The predicted molar refractivity (Wildman–Crippen MR) is 150 cm³/mol. The highest BCUT2D eigenvalue weighted by molar-refractivity contribution is 6.76. The van der Waals surface area contributed by atoms with E-state index in [1.807, 2.05) is 45.0 Å². The molecule has 1 fully saturated rings. The summed E-state index contributed by atoms with van der Waals surface area (Å²) in [6.45, 7) is 14.4. The van der Waals surface area contributed by atoms with Crippen LogP contribution in [0.1, 0.15) is 32.3 Å². The second-order valence-corrected chi connectivity index (χ2v) is 17.8. The minimum absolute atomic E-state index is 0.0852. The van der Waals surface area contributed by atoms with Crippen LogP contribution in [0, 0.1) is 11.8 Å². The van der Waals surface area contributed by atoms with E-state index in [-0.39, 0.29) is 24.3 Å². The number of carbonyl (C=O) groups is 2. The Morgan fingerprint density at radius 1 is 0.973 bits per heavy atom. The second kappa shape index (κ2) is 12.3. The zero-order chi connectivity index (χ0) is 27.2. The zero-order valence-corrected chi connectivity index (χ0v) is 24.5. The van der Waals surface area contributed by atoms with Crippen molar-refractivity contribution in [1.82, 2.24) is 4.90 Å². The van der Waals surface area contributed by atoms with E-state index in [0.29, 0.717) is 19.8 Å². The number of piperidine rings is 1.